The SMILES string of the molecule is CCCCCCCCCc1cc(S(=O)(=O)O)c(Oc2ccccc2)cc1[O-].[Na+]. The maximum Gasteiger partial charge on any atom is 1.00 e. The average molecular weight is 414 g/mol. The molecule has 2 aromatic carbocycles. The number of aryl methyl sites for hydroxylation is 1. The van der Waals surface area contributed by atoms with E-state index in [1.54, 1.807) is 30.3 Å². The van der Waals surface area contributed by atoms with Gasteiger partial charge in [0.25, 0.3) is 10.1 Å². The first kappa shape index (κ1) is 25.0. The minimum absolute atomic E-state index is 0. The molecule has 5 nitrogen and oxygen atoms in total. The third-order valence-corrected chi connectivity index (χ3v) is 5.30. The van der Waals surface area contributed by atoms with E-state index in [0.29, 0.717) is 17.7 Å². The molecule has 0 atom stereocenters. The molecule has 0 bridgehead atoms. The van der Waals surface area contributed by atoms with Gasteiger partial charge < -0.3 is 9.84 Å². The Morgan fingerprint density at radius 3 is 2.18 bits per heavy atom. The molecule has 148 valence electrons. The standard InChI is InChI=1S/C21H28O5S.Na/c1-2-3-4-5-6-7-9-12-17-15-21(27(23,24)25)20(16-19(17)22)26-18-13-10-8-11-14-18;/h8,10-11,13-16,22H,2-7,9,12H2,1H3,(H,23,24,25);/q;+1/p-1. The van der Waals surface area contributed by atoms with Gasteiger partial charge in [-0.3, -0.25) is 4.55 Å². The normalized spacial score (nSPS) is 11.1. The summed E-state index contributed by atoms with van der Waals surface area (Å²) in [5.41, 5.74) is 0.386. The van der Waals surface area contributed by atoms with Gasteiger partial charge in [-0.25, -0.2) is 0 Å². The van der Waals surface area contributed by atoms with Crippen LogP contribution in [0, 0.1) is 0 Å². The van der Waals surface area contributed by atoms with E-state index in [0.717, 1.165) is 25.3 Å². The minimum atomic E-state index is -4.50. The molecule has 0 aliphatic heterocycles. The Bertz CT molecular complexity index is 822. The number of benzene rings is 2. The Kier molecular flexibility index (Phi) is 11.2. The predicted molar refractivity (Wildman–Crippen MR) is 104 cm³/mol. The van der Waals surface area contributed by atoms with Gasteiger partial charge >= 0.3 is 29.6 Å². The Balaban J connectivity index is 0.00000392. The van der Waals surface area contributed by atoms with Crippen LogP contribution < -0.4 is 39.4 Å². The summed E-state index contributed by atoms with van der Waals surface area (Å²) in [4.78, 5) is -0.371. The summed E-state index contributed by atoms with van der Waals surface area (Å²) in [5, 5.41) is 12.4. The average Bonchev–Trinajstić information content (AvgIpc) is 2.62. The Hall–Kier alpha value is -1.05. The van der Waals surface area contributed by atoms with E-state index >= 15 is 0 Å². The number of para-hydroxylation sites is 1. The number of unbranched alkanes of at least 4 members (excludes halogenated alkanes) is 6. The van der Waals surface area contributed by atoms with E-state index in [4.69, 9.17) is 4.74 Å². The monoisotopic (exact) mass is 414 g/mol. The van der Waals surface area contributed by atoms with Crippen LogP contribution in [0.4, 0.5) is 0 Å². The summed E-state index contributed by atoms with van der Waals surface area (Å²) in [6, 6.07) is 10.9. The van der Waals surface area contributed by atoms with Gasteiger partial charge in [0, 0.05) is 0 Å². The molecule has 0 fully saturated rings. The van der Waals surface area contributed by atoms with Crippen LogP contribution in [-0.2, 0) is 16.5 Å². The van der Waals surface area contributed by atoms with Gasteiger partial charge in [0.05, 0.1) is 0 Å². The first-order valence-corrected chi connectivity index (χ1v) is 10.9. The second-order valence-corrected chi connectivity index (χ2v) is 8.06. The number of ether oxygens (including phenoxy) is 1. The van der Waals surface area contributed by atoms with Crippen LogP contribution >= 0.6 is 0 Å². The molecule has 7 heteroatoms. The Morgan fingerprint density at radius 1 is 0.964 bits per heavy atom. The molecular weight excluding hydrogens is 387 g/mol. The van der Waals surface area contributed by atoms with Crippen molar-refractivity contribution in [1.29, 1.82) is 0 Å². The molecule has 2 rings (SSSR count). The molecule has 0 aliphatic rings. The van der Waals surface area contributed by atoms with E-state index in [1.807, 2.05) is 0 Å². The fourth-order valence-electron chi connectivity index (χ4n) is 2.95. The van der Waals surface area contributed by atoms with E-state index in [2.05, 4.69) is 6.92 Å². The van der Waals surface area contributed by atoms with Crippen LogP contribution in [-0.4, -0.2) is 13.0 Å². The van der Waals surface area contributed by atoms with Gasteiger partial charge in [-0.2, -0.15) is 8.42 Å². The van der Waals surface area contributed by atoms with E-state index in [9.17, 15) is 18.1 Å². The van der Waals surface area contributed by atoms with Crippen LogP contribution in [0.15, 0.2) is 47.4 Å². The largest absolute Gasteiger partial charge is 1.00 e. The molecule has 0 radical (unpaired) electrons. The third-order valence-electron chi connectivity index (χ3n) is 4.43. The number of hydrogen-bond acceptors (Lipinski definition) is 4. The van der Waals surface area contributed by atoms with Gasteiger partial charge in [-0.15, -0.1) is 5.75 Å². The molecule has 0 saturated carbocycles. The van der Waals surface area contributed by atoms with Crippen molar-refractivity contribution in [3.05, 3.63) is 48.0 Å². The first-order valence-electron chi connectivity index (χ1n) is 9.46. The molecule has 0 amide bonds. The van der Waals surface area contributed by atoms with Crippen LogP contribution in [0.1, 0.15) is 57.4 Å². The summed E-state index contributed by atoms with van der Waals surface area (Å²) in [6.07, 6.45) is 8.24. The third kappa shape index (κ3) is 8.13. The van der Waals surface area contributed by atoms with Gasteiger partial charge in [-0.1, -0.05) is 69.2 Å². The number of rotatable bonds is 11. The fraction of sp³-hybridized carbons (Fsp3) is 0.429. The first-order chi connectivity index (χ1) is 12.9. The molecule has 0 saturated heterocycles. The zero-order chi connectivity index (χ0) is 19.7. The summed E-state index contributed by atoms with van der Waals surface area (Å²) in [5.74, 6) is -0.0436. The fourth-order valence-corrected chi connectivity index (χ4v) is 3.59. The zero-order valence-corrected chi connectivity index (χ0v) is 19.5. The maximum atomic E-state index is 12.4. The second-order valence-electron chi connectivity index (χ2n) is 6.67. The zero-order valence-electron chi connectivity index (χ0n) is 16.7. The van der Waals surface area contributed by atoms with E-state index in [1.165, 1.54) is 31.7 Å². The molecule has 1 N–H and O–H groups in total. The molecule has 0 aromatic heterocycles. The van der Waals surface area contributed by atoms with Crippen molar-refractivity contribution in [3.8, 4) is 17.2 Å². The van der Waals surface area contributed by atoms with Crippen molar-refractivity contribution in [2.45, 2.75) is 63.2 Å². The van der Waals surface area contributed by atoms with Crippen molar-refractivity contribution in [3.63, 3.8) is 0 Å². The number of hydrogen-bond donors (Lipinski definition) is 1. The van der Waals surface area contributed by atoms with Gasteiger partial charge in [0.1, 0.15) is 16.4 Å². The van der Waals surface area contributed by atoms with Gasteiger partial charge in [-0.05, 0) is 37.1 Å². The van der Waals surface area contributed by atoms with Gasteiger partial charge in [0.15, 0.2) is 0 Å². The van der Waals surface area contributed by atoms with Crippen molar-refractivity contribution >= 4 is 10.1 Å². The smallest absolute Gasteiger partial charge is 0.872 e. The summed E-state index contributed by atoms with van der Waals surface area (Å²) >= 11 is 0. The van der Waals surface area contributed by atoms with Crippen LogP contribution in [0.5, 0.6) is 17.2 Å². The molecule has 0 heterocycles. The maximum absolute atomic E-state index is 12.4. The Labute approximate surface area is 190 Å². The van der Waals surface area contributed by atoms with E-state index < -0.39 is 10.1 Å². The second kappa shape index (κ2) is 12.5. The quantitative estimate of drug-likeness (QED) is 0.346. The van der Waals surface area contributed by atoms with Crippen molar-refractivity contribution in [2.24, 2.45) is 0 Å². The molecule has 0 aliphatic carbocycles. The van der Waals surface area contributed by atoms with Crippen LogP contribution in [0.3, 0.4) is 0 Å². The molecule has 2 aromatic rings. The predicted octanol–water partition coefficient (Wildman–Crippen LogP) is 2.10. The summed E-state index contributed by atoms with van der Waals surface area (Å²) < 4.78 is 38.6. The summed E-state index contributed by atoms with van der Waals surface area (Å²) in [7, 11) is -4.50. The molecule has 28 heavy (non-hydrogen) atoms. The van der Waals surface area contributed by atoms with Crippen LogP contribution in [0.25, 0.3) is 0 Å². The van der Waals surface area contributed by atoms with Gasteiger partial charge in [0.2, 0.25) is 0 Å². The molecule has 0 spiro atoms. The molecular formula is C21H27NaO5S. The van der Waals surface area contributed by atoms with Crippen molar-refractivity contribution < 1.29 is 52.4 Å². The minimum Gasteiger partial charge on any atom is -0.872 e. The van der Waals surface area contributed by atoms with Crippen molar-refractivity contribution in [1.82, 2.24) is 0 Å². The molecule has 0 unspecified atom stereocenters. The summed E-state index contributed by atoms with van der Waals surface area (Å²) in [6.45, 7) is 2.17. The Morgan fingerprint density at radius 2 is 1.57 bits per heavy atom. The van der Waals surface area contributed by atoms with E-state index in [-0.39, 0.29) is 46.0 Å². The van der Waals surface area contributed by atoms with Crippen molar-refractivity contribution in [2.75, 3.05) is 0 Å². The topological polar surface area (TPSA) is 86.7 Å². The van der Waals surface area contributed by atoms with Crippen LogP contribution in [0.2, 0.25) is 0 Å².